The molecule has 182 valence electrons. The van der Waals surface area contributed by atoms with Crippen molar-refractivity contribution in [1.82, 2.24) is 0 Å². The molecular weight excluding hydrogens is 486 g/mol. The van der Waals surface area contributed by atoms with Crippen LogP contribution in [0.5, 0.6) is 0 Å². The van der Waals surface area contributed by atoms with Gasteiger partial charge in [-0.2, -0.15) is 0 Å². The number of anilines is 2. The monoisotopic (exact) mass is 511 g/mol. The predicted molar refractivity (Wildman–Crippen MR) is 140 cm³/mol. The standard InChI is InChI=1S/C26H26ClN3O4S/c1-26(2,3)16-9-12-20-21(13-16)35-25(22(20)24(32)28-18-6-4-5-17(27)14-18)29-23(31)15-7-10-19(11-8-15)30(33)34/h4-8,10-11,14,16H,9,12-13H2,1-3H3,(H,28,32)(H,29,31). The zero-order valence-electron chi connectivity index (χ0n) is 19.7. The van der Waals surface area contributed by atoms with Gasteiger partial charge < -0.3 is 10.6 Å². The van der Waals surface area contributed by atoms with Crippen molar-refractivity contribution in [2.45, 2.75) is 40.0 Å². The normalized spacial score (nSPS) is 15.3. The quantitative estimate of drug-likeness (QED) is 0.285. The summed E-state index contributed by atoms with van der Waals surface area (Å²) in [5, 5.41) is 17.7. The van der Waals surface area contributed by atoms with E-state index >= 15 is 0 Å². The summed E-state index contributed by atoms with van der Waals surface area (Å²) in [5.41, 5.74) is 2.31. The van der Waals surface area contributed by atoms with Gasteiger partial charge in [0.1, 0.15) is 5.00 Å². The fourth-order valence-corrected chi connectivity index (χ4v) is 5.83. The Balaban J connectivity index is 1.67. The molecule has 7 nitrogen and oxygen atoms in total. The molecule has 0 aliphatic heterocycles. The maximum absolute atomic E-state index is 13.4. The van der Waals surface area contributed by atoms with Crippen LogP contribution < -0.4 is 10.6 Å². The maximum Gasteiger partial charge on any atom is 0.269 e. The Morgan fingerprint density at radius 2 is 1.80 bits per heavy atom. The summed E-state index contributed by atoms with van der Waals surface area (Å²) in [6, 6.07) is 12.3. The van der Waals surface area contributed by atoms with Gasteiger partial charge in [-0.3, -0.25) is 19.7 Å². The molecule has 0 bridgehead atoms. The van der Waals surface area contributed by atoms with Gasteiger partial charge >= 0.3 is 0 Å². The highest BCUT2D eigenvalue weighted by Crippen LogP contribution is 2.44. The second-order valence-electron chi connectivity index (χ2n) is 9.74. The first-order valence-electron chi connectivity index (χ1n) is 11.3. The van der Waals surface area contributed by atoms with E-state index in [9.17, 15) is 19.7 Å². The smallest absolute Gasteiger partial charge is 0.269 e. The molecule has 0 radical (unpaired) electrons. The number of nitrogens with zero attached hydrogens (tertiary/aromatic N) is 1. The Bertz CT molecular complexity index is 1290. The van der Waals surface area contributed by atoms with Crippen molar-refractivity contribution in [3.05, 3.63) is 85.2 Å². The first-order chi connectivity index (χ1) is 16.5. The molecule has 0 saturated heterocycles. The molecule has 0 fully saturated rings. The topological polar surface area (TPSA) is 101 Å². The molecule has 2 aromatic carbocycles. The van der Waals surface area contributed by atoms with E-state index in [2.05, 4.69) is 31.4 Å². The van der Waals surface area contributed by atoms with Gasteiger partial charge in [0, 0.05) is 33.3 Å². The van der Waals surface area contributed by atoms with Gasteiger partial charge in [0.05, 0.1) is 10.5 Å². The van der Waals surface area contributed by atoms with Gasteiger partial charge in [-0.05, 0) is 66.5 Å². The third kappa shape index (κ3) is 5.55. The van der Waals surface area contributed by atoms with Gasteiger partial charge in [-0.25, -0.2) is 0 Å². The Morgan fingerprint density at radius 3 is 2.43 bits per heavy atom. The highest BCUT2D eigenvalue weighted by molar-refractivity contribution is 7.17. The fourth-order valence-electron chi connectivity index (χ4n) is 4.32. The number of benzene rings is 2. The number of carbonyl (C=O) groups excluding carboxylic acids is 2. The van der Waals surface area contributed by atoms with E-state index in [1.165, 1.54) is 35.6 Å². The van der Waals surface area contributed by atoms with Gasteiger partial charge in [0.25, 0.3) is 17.5 Å². The molecule has 3 aromatic rings. The number of halogens is 1. The molecule has 1 aliphatic rings. The predicted octanol–water partition coefficient (Wildman–Crippen LogP) is 6.97. The third-order valence-electron chi connectivity index (χ3n) is 6.37. The third-order valence-corrected chi connectivity index (χ3v) is 7.77. The van der Waals surface area contributed by atoms with E-state index in [1.54, 1.807) is 24.3 Å². The van der Waals surface area contributed by atoms with Crippen molar-refractivity contribution in [3.8, 4) is 0 Å². The molecule has 1 unspecified atom stereocenters. The minimum atomic E-state index is -0.515. The molecule has 1 heterocycles. The van der Waals surface area contributed by atoms with E-state index < -0.39 is 10.8 Å². The van der Waals surface area contributed by atoms with Crippen LogP contribution in [0.25, 0.3) is 0 Å². The molecule has 35 heavy (non-hydrogen) atoms. The van der Waals surface area contributed by atoms with Gasteiger partial charge in [-0.15, -0.1) is 11.3 Å². The highest BCUT2D eigenvalue weighted by Gasteiger charge is 2.34. The van der Waals surface area contributed by atoms with Crippen molar-refractivity contribution >= 4 is 51.1 Å². The van der Waals surface area contributed by atoms with Crippen molar-refractivity contribution in [1.29, 1.82) is 0 Å². The Labute approximate surface area is 212 Å². The second-order valence-corrected chi connectivity index (χ2v) is 11.3. The summed E-state index contributed by atoms with van der Waals surface area (Å²) < 4.78 is 0. The average molecular weight is 512 g/mol. The van der Waals surface area contributed by atoms with E-state index in [4.69, 9.17) is 11.6 Å². The average Bonchev–Trinajstić information content (AvgIpc) is 3.15. The Morgan fingerprint density at radius 1 is 1.09 bits per heavy atom. The number of fused-ring (bicyclic) bond motifs is 1. The lowest BCUT2D eigenvalue weighted by molar-refractivity contribution is -0.384. The summed E-state index contributed by atoms with van der Waals surface area (Å²) in [7, 11) is 0. The van der Waals surface area contributed by atoms with E-state index in [0.717, 1.165) is 29.7 Å². The summed E-state index contributed by atoms with van der Waals surface area (Å²) >= 11 is 7.51. The number of carbonyl (C=O) groups is 2. The summed E-state index contributed by atoms with van der Waals surface area (Å²) in [5.74, 6) is -0.267. The van der Waals surface area contributed by atoms with Crippen LogP contribution in [0.2, 0.25) is 5.02 Å². The number of non-ortho nitro benzene ring substituents is 1. The van der Waals surface area contributed by atoms with Crippen molar-refractivity contribution in [3.63, 3.8) is 0 Å². The number of thiophene rings is 1. The van der Waals surface area contributed by atoms with Crippen LogP contribution in [0.1, 0.15) is 58.3 Å². The lowest BCUT2D eigenvalue weighted by atomic mass is 9.72. The molecule has 0 spiro atoms. The first-order valence-corrected chi connectivity index (χ1v) is 12.5. The zero-order valence-corrected chi connectivity index (χ0v) is 21.3. The molecule has 1 aromatic heterocycles. The number of nitrogens with one attached hydrogen (secondary N) is 2. The molecule has 2 N–H and O–H groups in total. The lowest BCUT2D eigenvalue weighted by Gasteiger charge is -2.33. The molecule has 1 atom stereocenters. The summed E-state index contributed by atoms with van der Waals surface area (Å²) in [4.78, 5) is 37.9. The van der Waals surface area contributed by atoms with Crippen molar-refractivity contribution in [2.75, 3.05) is 10.6 Å². The van der Waals surface area contributed by atoms with Crippen LogP contribution in [0.15, 0.2) is 48.5 Å². The number of amides is 2. The van der Waals surface area contributed by atoms with Crippen molar-refractivity contribution < 1.29 is 14.5 Å². The van der Waals surface area contributed by atoms with Crippen LogP contribution in [-0.4, -0.2) is 16.7 Å². The molecule has 9 heteroatoms. The van der Waals surface area contributed by atoms with E-state index in [0.29, 0.717) is 27.2 Å². The van der Waals surface area contributed by atoms with E-state index in [-0.39, 0.29) is 22.6 Å². The number of nitro groups is 1. The second kappa shape index (κ2) is 9.79. The summed E-state index contributed by atoms with van der Waals surface area (Å²) in [6.45, 7) is 6.67. The molecule has 1 aliphatic carbocycles. The Kier molecular flexibility index (Phi) is 6.96. The number of hydrogen-bond acceptors (Lipinski definition) is 5. The molecular formula is C26H26ClN3O4S. The number of rotatable bonds is 5. The minimum Gasteiger partial charge on any atom is -0.322 e. The SMILES string of the molecule is CC(C)(C)C1CCc2c(sc(NC(=O)c3ccc([N+](=O)[O-])cc3)c2C(=O)Nc2cccc(Cl)c2)C1. The number of hydrogen-bond donors (Lipinski definition) is 2. The maximum atomic E-state index is 13.4. The van der Waals surface area contributed by atoms with Gasteiger partial charge in [0.15, 0.2) is 0 Å². The van der Waals surface area contributed by atoms with Crippen molar-refractivity contribution in [2.24, 2.45) is 11.3 Å². The van der Waals surface area contributed by atoms with Crippen LogP contribution in [0.4, 0.5) is 16.4 Å². The first kappa shape index (κ1) is 24.9. The van der Waals surface area contributed by atoms with Crippen LogP contribution in [0, 0.1) is 21.4 Å². The number of nitro benzene ring substituents is 1. The van der Waals surface area contributed by atoms with E-state index in [1.807, 2.05) is 0 Å². The van der Waals surface area contributed by atoms with Gasteiger partial charge in [0.2, 0.25) is 0 Å². The fraction of sp³-hybridized carbons (Fsp3) is 0.308. The highest BCUT2D eigenvalue weighted by atomic mass is 35.5. The minimum absolute atomic E-state index is 0.0945. The lowest BCUT2D eigenvalue weighted by Crippen LogP contribution is -2.27. The molecule has 2 amide bonds. The Hall–Kier alpha value is -3.23. The van der Waals surface area contributed by atoms with Gasteiger partial charge in [-0.1, -0.05) is 38.4 Å². The summed E-state index contributed by atoms with van der Waals surface area (Å²) in [6.07, 6.45) is 2.55. The molecule has 0 saturated carbocycles. The molecule has 4 rings (SSSR count). The largest absolute Gasteiger partial charge is 0.322 e. The zero-order chi connectivity index (χ0) is 25.3. The van der Waals surface area contributed by atoms with Crippen LogP contribution in [0.3, 0.4) is 0 Å². The van der Waals surface area contributed by atoms with Crippen LogP contribution in [-0.2, 0) is 12.8 Å². The van der Waals surface area contributed by atoms with Crippen LogP contribution >= 0.6 is 22.9 Å².